The molecule has 0 bridgehead atoms. The van der Waals surface area contributed by atoms with Crippen molar-refractivity contribution in [1.82, 2.24) is 0 Å². The molecule has 1 fully saturated rings. The van der Waals surface area contributed by atoms with E-state index in [1.54, 1.807) is 84.9 Å². The van der Waals surface area contributed by atoms with Gasteiger partial charge >= 0.3 is 35.5 Å². The van der Waals surface area contributed by atoms with Gasteiger partial charge in [-0.05, 0) is 73.5 Å². The lowest BCUT2D eigenvalue weighted by Crippen LogP contribution is -2.63. The van der Waals surface area contributed by atoms with Crippen LogP contribution >= 0.6 is 0 Å². The topological polar surface area (TPSA) is 189 Å². The second-order valence-electron chi connectivity index (χ2n) is 14.6. The first-order valence-corrected chi connectivity index (χ1v) is 21.0. The highest BCUT2D eigenvalue weighted by molar-refractivity contribution is 5.92. The lowest BCUT2D eigenvalue weighted by Gasteiger charge is -2.44. The Morgan fingerprint density at radius 2 is 1.12 bits per heavy atom. The molecule has 0 unspecified atom stereocenters. The molecule has 2 heterocycles. The van der Waals surface area contributed by atoms with Crippen LogP contribution < -0.4 is 19.8 Å². The second-order valence-corrected chi connectivity index (χ2v) is 14.6. The van der Waals surface area contributed by atoms with Gasteiger partial charge in [0.2, 0.25) is 12.4 Å². The summed E-state index contributed by atoms with van der Waals surface area (Å²) < 4.78 is 53.8. The third-order valence-electron chi connectivity index (χ3n) is 9.96. The molecule has 5 aromatic carbocycles. The van der Waals surface area contributed by atoms with Gasteiger partial charge in [0, 0.05) is 13.0 Å². The van der Waals surface area contributed by atoms with Gasteiger partial charge in [0.05, 0.1) is 34.2 Å². The Kier molecular flexibility index (Phi) is 15.4. The van der Waals surface area contributed by atoms with Crippen molar-refractivity contribution in [3.63, 3.8) is 0 Å². The number of ether oxygens (including phenoxy) is 8. The van der Waals surface area contributed by atoms with Gasteiger partial charge in [-0.15, -0.1) is 0 Å². The van der Waals surface area contributed by atoms with E-state index in [-0.39, 0.29) is 51.3 Å². The van der Waals surface area contributed by atoms with Crippen LogP contribution in [0.4, 0.5) is 0 Å². The van der Waals surface area contributed by atoms with Crippen molar-refractivity contribution >= 4 is 40.8 Å². The zero-order valence-electron chi connectivity index (χ0n) is 35.8. The molecule has 66 heavy (non-hydrogen) atoms. The van der Waals surface area contributed by atoms with Crippen molar-refractivity contribution in [3.05, 3.63) is 184 Å². The van der Waals surface area contributed by atoms with Crippen molar-refractivity contribution in [2.24, 2.45) is 0 Å². The van der Waals surface area contributed by atoms with E-state index in [0.717, 1.165) is 13.3 Å². The summed E-state index contributed by atoms with van der Waals surface area (Å²) in [5.74, 6) is -4.70. The van der Waals surface area contributed by atoms with Gasteiger partial charge in [-0.3, -0.25) is 4.79 Å². The summed E-state index contributed by atoms with van der Waals surface area (Å²) in [5.41, 5.74) is -0.542. The molecular formula is C51H44O15. The molecule has 15 nitrogen and oxygen atoms in total. The maximum Gasteiger partial charge on any atom is 0.383 e. The SMILES string of the molecule is CCC=CCCOc1c(OC(C)=O)c(=O)oc2cc(O[C@@H]3O[C@H](COC(=O)c4ccccc4)[C@@H](OC(=O)c4ccccc4)[C@H](OC(=O)c4ccccc4)[C@H]3OC(=O)c3ccccc3)ccc12. The summed E-state index contributed by atoms with van der Waals surface area (Å²) in [6, 6.07) is 36.2. The molecule has 0 saturated carbocycles. The van der Waals surface area contributed by atoms with Gasteiger partial charge < -0.3 is 42.3 Å². The van der Waals surface area contributed by atoms with Crippen molar-refractivity contribution in [3.8, 4) is 17.2 Å². The molecule has 1 aliphatic rings. The first kappa shape index (κ1) is 46.0. The summed E-state index contributed by atoms with van der Waals surface area (Å²) in [6.07, 6.45) is -3.00. The third kappa shape index (κ3) is 11.6. The number of fused-ring (bicyclic) bond motifs is 1. The maximum absolute atomic E-state index is 14.0. The Labute approximate surface area is 378 Å². The molecular weight excluding hydrogens is 853 g/mol. The van der Waals surface area contributed by atoms with Crippen LogP contribution in [0.2, 0.25) is 0 Å². The Balaban J connectivity index is 1.32. The van der Waals surface area contributed by atoms with Crippen molar-refractivity contribution < 1.29 is 66.3 Å². The molecule has 5 atom stereocenters. The molecule has 0 radical (unpaired) electrons. The lowest BCUT2D eigenvalue weighted by atomic mass is 9.97. The summed E-state index contributed by atoms with van der Waals surface area (Å²) in [7, 11) is 0. The molecule has 0 amide bonds. The summed E-state index contributed by atoms with van der Waals surface area (Å²) in [4.78, 5) is 80.5. The maximum atomic E-state index is 14.0. The molecule has 15 heteroatoms. The average molecular weight is 897 g/mol. The summed E-state index contributed by atoms with van der Waals surface area (Å²) in [5, 5.41) is 0.238. The van der Waals surface area contributed by atoms with Gasteiger partial charge in [0.25, 0.3) is 5.75 Å². The monoisotopic (exact) mass is 896 g/mol. The van der Waals surface area contributed by atoms with E-state index in [2.05, 4.69) is 0 Å². The molecule has 0 aliphatic carbocycles. The number of hydrogen-bond acceptors (Lipinski definition) is 15. The number of rotatable bonds is 17. The zero-order chi connectivity index (χ0) is 46.4. The summed E-state index contributed by atoms with van der Waals surface area (Å²) >= 11 is 0. The minimum atomic E-state index is -1.70. The molecule has 7 rings (SSSR count). The Morgan fingerprint density at radius 1 is 0.606 bits per heavy atom. The van der Waals surface area contributed by atoms with E-state index < -0.39 is 78.5 Å². The Bertz CT molecular complexity index is 2720. The van der Waals surface area contributed by atoms with E-state index >= 15 is 0 Å². The molecule has 0 spiro atoms. The number of benzene rings is 5. The number of esters is 5. The fraction of sp³-hybridized carbons (Fsp3) is 0.216. The van der Waals surface area contributed by atoms with Gasteiger partial charge in [-0.2, -0.15) is 0 Å². The predicted octanol–water partition coefficient (Wildman–Crippen LogP) is 8.09. The van der Waals surface area contributed by atoms with E-state index in [0.29, 0.717) is 6.42 Å². The quantitative estimate of drug-likeness (QED) is 0.0281. The van der Waals surface area contributed by atoms with Crippen LogP contribution in [0, 0.1) is 0 Å². The molecule has 6 aromatic rings. The molecule has 1 aliphatic heterocycles. The fourth-order valence-corrected chi connectivity index (χ4v) is 6.85. The Morgan fingerprint density at radius 3 is 1.65 bits per heavy atom. The van der Waals surface area contributed by atoms with Crippen molar-refractivity contribution in [2.45, 2.75) is 57.4 Å². The molecule has 1 aromatic heterocycles. The lowest BCUT2D eigenvalue weighted by molar-refractivity contribution is -0.275. The van der Waals surface area contributed by atoms with Crippen molar-refractivity contribution in [2.75, 3.05) is 13.2 Å². The van der Waals surface area contributed by atoms with E-state index in [1.807, 2.05) is 19.1 Å². The number of carbonyl (C=O) groups is 5. The van der Waals surface area contributed by atoms with Crippen LogP contribution in [0.15, 0.2) is 161 Å². The first-order chi connectivity index (χ1) is 32.1. The van der Waals surface area contributed by atoms with Gasteiger partial charge in [0.15, 0.2) is 18.0 Å². The van der Waals surface area contributed by atoms with Crippen LogP contribution in [0.5, 0.6) is 17.2 Å². The third-order valence-corrected chi connectivity index (χ3v) is 9.96. The van der Waals surface area contributed by atoms with Crippen LogP contribution in [0.3, 0.4) is 0 Å². The normalized spacial score (nSPS) is 17.9. The van der Waals surface area contributed by atoms with Crippen molar-refractivity contribution in [1.29, 1.82) is 0 Å². The van der Waals surface area contributed by atoms with Crippen LogP contribution in [-0.4, -0.2) is 73.8 Å². The number of carbonyl (C=O) groups excluding carboxylic acids is 5. The van der Waals surface area contributed by atoms with E-state index in [1.165, 1.54) is 54.6 Å². The smallest absolute Gasteiger partial charge is 0.383 e. The highest BCUT2D eigenvalue weighted by Gasteiger charge is 2.54. The number of allylic oxidation sites excluding steroid dienone is 1. The fourth-order valence-electron chi connectivity index (χ4n) is 6.85. The van der Waals surface area contributed by atoms with Gasteiger partial charge in [-0.25, -0.2) is 24.0 Å². The largest absolute Gasteiger partial charge is 0.488 e. The summed E-state index contributed by atoms with van der Waals surface area (Å²) in [6.45, 7) is 2.66. The molecule has 1 saturated heterocycles. The number of hydrogen-bond donors (Lipinski definition) is 0. The molecule has 0 N–H and O–H groups in total. The van der Waals surface area contributed by atoms with E-state index in [4.69, 9.17) is 42.3 Å². The van der Waals surface area contributed by atoms with Crippen LogP contribution in [-0.2, 0) is 28.5 Å². The van der Waals surface area contributed by atoms with E-state index in [9.17, 15) is 28.8 Å². The van der Waals surface area contributed by atoms with Crippen LogP contribution in [0.1, 0.15) is 68.1 Å². The highest BCUT2D eigenvalue weighted by Crippen LogP contribution is 2.37. The van der Waals surface area contributed by atoms with Gasteiger partial charge in [0.1, 0.15) is 24.0 Å². The minimum absolute atomic E-state index is 0.0265. The standard InChI is InChI=1S/C51H44O15/c1-3-4-5-18-29-58-41-38-28-27-37(30-39(38)62-50(57)44(41)60-32(2)52)61-51-45(66-49(56)36-25-16-9-17-26-36)43(65-48(55)35-23-14-8-15-24-35)42(64-47(54)34-21-12-7-13-22-34)40(63-51)31-59-46(53)33-19-10-6-11-20-33/h4-17,19-28,30,40,42-43,45,51H,3,18,29,31H2,1-2H3/t40-,42-,43+,45-,51-/m1/s1. The average Bonchev–Trinajstić information content (AvgIpc) is 3.34. The zero-order valence-corrected chi connectivity index (χ0v) is 35.8. The minimum Gasteiger partial charge on any atom is -0.488 e. The predicted molar refractivity (Wildman–Crippen MR) is 236 cm³/mol. The first-order valence-electron chi connectivity index (χ1n) is 21.0. The highest BCUT2D eigenvalue weighted by atomic mass is 16.7. The molecule has 338 valence electrons. The van der Waals surface area contributed by atoms with Crippen LogP contribution in [0.25, 0.3) is 11.0 Å². The second kappa shape index (κ2) is 22.0. The van der Waals surface area contributed by atoms with Gasteiger partial charge in [-0.1, -0.05) is 91.9 Å². The Hall–Kier alpha value is -8.04.